The number of hydrogen-bond donors (Lipinski definition) is 1. The molecule has 1 saturated carbocycles. The zero-order chi connectivity index (χ0) is 16.2. The third-order valence-corrected chi connectivity index (χ3v) is 4.08. The molecule has 0 radical (unpaired) electrons. The van der Waals surface area contributed by atoms with Gasteiger partial charge in [0.25, 0.3) is 0 Å². The van der Waals surface area contributed by atoms with E-state index in [4.69, 9.17) is 0 Å². The molecule has 22 heavy (non-hydrogen) atoms. The Balaban J connectivity index is 1.97. The van der Waals surface area contributed by atoms with E-state index in [9.17, 15) is 18.0 Å². The van der Waals surface area contributed by atoms with Gasteiger partial charge in [-0.2, -0.15) is 13.2 Å². The summed E-state index contributed by atoms with van der Waals surface area (Å²) in [5.74, 6) is 0.191. The lowest BCUT2D eigenvalue weighted by molar-refractivity contribution is -0.137. The lowest BCUT2D eigenvalue weighted by Gasteiger charge is -2.29. The summed E-state index contributed by atoms with van der Waals surface area (Å²) < 4.78 is 37.8. The highest BCUT2D eigenvalue weighted by molar-refractivity contribution is 5.91. The quantitative estimate of drug-likeness (QED) is 0.823. The van der Waals surface area contributed by atoms with Crippen LogP contribution in [0.2, 0.25) is 0 Å². The van der Waals surface area contributed by atoms with Crippen molar-refractivity contribution in [1.29, 1.82) is 0 Å². The largest absolute Gasteiger partial charge is 0.416 e. The Hall–Kier alpha value is -1.78. The van der Waals surface area contributed by atoms with Crippen molar-refractivity contribution in [2.75, 3.05) is 0 Å². The molecule has 0 heterocycles. The van der Waals surface area contributed by atoms with Crippen LogP contribution in [0.3, 0.4) is 0 Å². The summed E-state index contributed by atoms with van der Waals surface area (Å²) in [7, 11) is 0. The van der Waals surface area contributed by atoms with Crippen molar-refractivity contribution >= 4 is 12.0 Å². The van der Waals surface area contributed by atoms with Crippen LogP contribution in [0.4, 0.5) is 13.2 Å². The third kappa shape index (κ3) is 4.61. The molecular weight excluding hydrogens is 291 g/mol. The highest BCUT2D eigenvalue weighted by Gasteiger charge is 2.30. The molecule has 0 saturated heterocycles. The molecule has 1 aromatic carbocycles. The van der Waals surface area contributed by atoms with E-state index >= 15 is 0 Å². The molecule has 0 aromatic heterocycles. The zero-order valence-electron chi connectivity index (χ0n) is 12.5. The number of benzene rings is 1. The molecule has 120 valence electrons. The van der Waals surface area contributed by atoms with Gasteiger partial charge < -0.3 is 5.32 Å². The van der Waals surface area contributed by atoms with Gasteiger partial charge in [0, 0.05) is 12.1 Å². The number of amides is 1. The van der Waals surface area contributed by atoms with Gasteiger partial charge in [0.15, 0.2) is 0 Å². The van der Waals surface area contributed by atoms with Crippen LogP contribution in [-0.4, -0.2) is 11.9 Å². The molecule has 0 spiro atoms. The van der Waals surface area contributed by atoms with Gasteiger partial charge in [-0.1, -0.05) is 31.9 Å². The van der Waals surface area contributed by atoms with Gasteiger partial charge in [-0.25, -0.2) is 0 Å². The van der Waals surface area contributed by atoms with Gasteiger partial charge >= 0.3 is 6.18 Å². The van der Waals surface area contributed by atoms with Gasteiger partial charge in [0.05, 0.1) is 5.56 Å². The van der Waals surface area contributed by atoms with E-state index in [1.165, 1.54) is 24.6 Å². The molecule has 0 aliphatic heterocycles. The fourth-order valence-electron chi connectivity index (χ4n) is 2.75. The molecular formula is C17H20F3NO. The van der Waals surface area contributed by atoms with Crippen LogP contribution in [0, 0.1) is 5.92 Å². The van der Waals surface area contributed by atoms with Gasteiger partial charge in [-0.3, -0.25) is 4.79 Å². The molecule has 2 atom stereocenters. The molecule has 5 heteroatoms. The van der Waals surface area contributed by atoms with Crippen LogP contribution in [0.15, 0.2) is 30.3 Å². The summed E-state index contributed by atoms with van der Waals surface area (Å²) in [6.45, 7) is 2.11. The van der Waals surface area contributed by atoms with Crippen molar-refractivity contribution < 1.29 is 18.0 Å². The molecule has 1 aliphatic carbocycles. The number of rotatable bonds is 3. The molecule has 1 N–H and O–H groups in total. The van der Waals surface area contributed by atoms with Crippen molar-refractivity contribution in [1.82, 2.24) is 5.32 Å². The number of nitrogens with one attached hydrogen (secondary N) is 1. The van der Waals surface area contributed by atoms with Crippen molar-refractivity contribution in [3.8, 4) is 0 Å². The SMILES string of the molecule is C[C@H]1CCCC[C@@H]1NC(=O)/C=C/c1cccc(C(F)(F)F)c1. The topological polar surface area (TPSA) is 29.1 Å². The lowest BCUT2D eigenvalue weighted by Crippen LogP contribution is -2.40. The molecule has 0 bridgehead atoms. The molecule has 1 amide bonds. The Morgan fingerprint density at radius 2 is 2.00 bits per heavy atom. The van der Waals surface area contributed by atoms with E-state index in [1.807, 2.05) is 0 Å². The lowest BCUT2D eigenvalue weighted by atomic mass is 9.86. The van der Waals surface area contributed by atoms with Crippen LogP contribution in [0.5, 0.6) is 0 Å². The smallest absolute Gasteiger partial charge is 0.350 e. The van der Waals surface area contributed by atoms with E-state index in [0.717, 1.165) is 31.4 Å². The highest BCUT2D eigenvalue weighted by Crippen LogP contribution is 2.29. The molecule has 1 fully saturated rings. The first-order chi connectivity index (χ1) is 10.4. The Labute approximate surface area is 128 Å². The summed E-state index contributed by atoms with van der Waals surface area (Å²) in [6, 6.07) is 5.09. The van der Waals surface area contributed by atoms with Crippen LogP contribution in [0.1, 0.15) is 43.7 Å². The summed E-state index contributed by atoms with van der Waals surface area (Å²) >= 11 is 0. The second-order valence-corrected chi connectivity index (χ2v) is 5.83. The summed E-state index contributed by atoms with van der Waals surface area (Å²) in [6.07, 6.45) is 2.70. The van der Waals surface area contributed by atoms with Gasteiger partial charge in [-0.15, -0.1) is 0 Å². The average Bonchev–Trinajstić information content (AvgIpc) is 2.47. The van der Waals surface area contributed by atoms with E-state index in [2.05, 4.69) is 12.2 Å². The minimum Gasteiger partial charge on any atom is -0.350 e. The molecule has 2 rings (SSSR count). The van der Waals surface area contributed by atoms with Crippen LogP contribution in [-0.2, 0) is 11.0 Å². The first-order valence-electron chi connectivity index (χ1n) is 7.52. The van der Waals surface area contributed by atoms with E-state index in [0.29, 0.717) is 11.5 Å². The minimum atomic E-state index is -4.37. The second-order valence-electron chi connectivity index (χ2n) is 5.83. The first-order valence-corrected chi connectivity index (χ1v) is 7.52. The van der Waals surface area contributed by atoms with Gasteiger partial charge in [0.2, 0.25) is 5.91 Å². The van der Waals surface area contributed by atoms with Crippen molar-refractivity contribution in [3.05, 3.63) is 41.5 Å². The summed E-state index contributed by atoms with van der Waals surface area (Å²) in [4.78, 5) is 11.9. The number of carbonyl (C=O) groups is 1. The van der Waals surface area contributed by atoms with Crippen molar-refractivity contribution in [2.24, 2.45) is 5.92 Å². The van der Waals surface area contributed by atoms with Crippen LogP contribution >= 0.6 is 0 Å². The number of halogens is 3. The molecule has 1 aliphatic rings. The summed E-state index contributed by atoms with van der Waals surface area (Å²) in [5.41, 5.74) is -0.349. The zero-order valence-corrected chi connectivity index (χ0v) is 12.5. The monoisotopic (exact) mass is 311 g/mol. The first kappa shape index (κ1) is 16.6. The third-order valence-electron chi connectivity index (χ3n) is 4.08. The standard InChI is InChI=1S/C17H20F3NO/c1-12-5-2-3-8-15(12)21-16(22)10-9-13-6-4-7-14(11-13)17(18,19)20/h4,6-7,9-12,15H,2-3,5,8H2,1H3,(H,21,22)/b10-9+/t12-,15-/m0/s1. The number of carbonyl (C=O) groups excluding carboxylic acids is 1. The maximum atomic E-state index is 12.6. The van der Waals surface area contributed by atoms with Gasteiger partial charge in [-0.05, 0) is 42.5 Å². The van der Waals surface area contributed by atoms with Crippen LogP contribution < -0.4 is 5.32 Å². The van der Waals surface area contributed by atoms with E-state index in [-0.39, 0.29) is 11.9 Å². The average molecular weight is 311 g/mol. The highest BCUT2D eigenvalue weighted by atomic mass is 19.4. The fourth-order valence-corrected chi connectivity index (χ4v) is 2.75. The molecule has 2 nitrogen and oxygen atoms in total. The van der Waals surface area contributed by atoms with Crippen molar-refractivity contribution in [3.63, 3.8) is 0 Å². The van der Waals surface area contributed by atoms with Crippen molar-refractivity contribution in [2.45, 2.75) is 44.8 Å². The van der Waals surface area contributed by atoms with E-state index in [1.54, 1.807) is 6.07 Å². The maximum absolute atomic E-state index is 12.6. The predicted molar refractivity (Wildman–Crippen MR) is 80.0 cm³/mol. The Kier molecular flexibility index (Phi) is 5.27. The normalized spacial score (nSPS) is 22.7. The predicted octanol–water partition coefficient (Wildman–Crippen LogP) is 4.41. The fraction of sp³-hybridized carbons (Fsp3) is 0.471. The second kappa shape index (κ2) is 6.99. The number of alkyl halides is 3. The molecule has 0 unspecified atom stereocenters. The molecule has 1 aromatic rings. The number of hydrogen-bond acceptors (Lipinski definition) is 1. The summed E-state index contributed by atoms with van der Waals surface area (Å²) in [5, 5.41) is 2.94. The Bertz CT molecular complexity index is 551. The van der Waals surface area contributed by atoms with Crippen LogP contribution in [0.25, 0.3) is 6.08 Å². The Morgan fingerprint density at radius 3 is 2.68 bits per heavy atom. The minimum absolute atomic E-state index is 0.160. The van der Waals surface area contributed by atoms with Gasteiger partial charge in [0.1, 0.15) is 0 Å². The Morgan fingerprint density at radius 1 is 1.27 bits per heavy atom. The van der Waals surface area contributed by atoms with E-state index < -0.39 is 11.7 Å². The maximum Gasteiger partial charge on any atom is 0.416 e.